The Morgan fingerprint density at radius 3 is 2.48 bits per heavy atom. The molecule has 3 nitrogen and oxygen atoms in total. The lowest BCUT2D eigenvalue weighted by Crippen LogP contribution is -2.22. The highest BCUT2D eigenvalue weighted by molar-refractivity contribution is 7.12. The lowest BCUT2D eigenvalue weighted by atomic mass is 10.2. The van der Waals surface area contributed by atoms with Gasteiger partial charge in [-0.1, -0.05) is 24.6 Å². The summed E-state index contributed by atoms with van der Waals surface area (Å²) in [6, 6.07) is 11.6. The van der Waals surface area contributed by atoms with Gasteiger partial charge in [0.05, 0.1) is 6.61 Å². The number of nitrogens with one attached hydrogen (secondary N) is 1. The smallest absolute Gasteiger partial charge is 0.334 e. The van der Waals surface area contributed by atoms with Crippen LogP contribution in [0, 0.1) is 6.92 Å². The van der Waals surface area contributed by atoms with Gasteiger partial charge in [0.25, 0.3) is 0 Å². The molecule has 1 aromatic heterocycles. The number of esters is 1. The van der Waals surface area contributed by atoms with Crippen LogP contribution in [0.2, 0.25) is 0 Å². The molecule has 0 radical (unpaired) electrons. The Labute approximate surface area is 130 Å². The molecular weight excluding hydrogens is 282 g/mol. The second kappa shape index (κ2) is 7.27. The zero-order valence-electron chi connectivity index (χ0n) is 12.7. The Morgan fingerprint density at radius 1 is 1.19 bits per heavy atom. The molecule has 0 amide bonds. The molecule has 0 aliphatic rings. The number of anilines is 1. The summed E-state index contributed by atoms with van der Waals surface area (Å²) in [7, 11) is 0. The predicted molar refractivity (Wildman–Crippen MR) is 87.9 cm³/mol. The third-order valence-electron chi connectivity index (χ3n) is 3.20. The number of carbonyl (C=O) groups is 1. The summed E-state index contributed by atoms with van der Waals surface area (Å²) in [5.74, 6) is -0.234. The number of thiophene rings is 1. The van der Waals surface area contributed by atoms with Crippen LogP contribution < -0.4 is 5.32 Å². The highest BCUT2D eigenvalue weighted by atomic mass is 32.1. The first-order valence-corrected chi connectivity index (χ1v) is 8.04. The van der Waals surface area contributed by atoms with E-state index in [-0.39, 0.29) is 5.97 Å². The topological polar surface area (TPSA) is 38.3 Å². The highest BCUT2D eigenvalue weighted by Crippen LogP contribution is 2.28. The molecule has 0 fully saturated rings. The normalized spacial score (nSPS) is 12.0. The van der Waals surface area contributed by atoms with Gasteiger partial charge in [-0.3, -0.25) is 0 Å². The molecule has 0 spiro atoms. The lowest BCUT2D eigenvalue weighted by Gasteiger charge is -2.17. The van der Waals surface area contributed by atoms with Gasteiger partial charge in [-0.15, -0.1) is 11.3 Å². The van der Waals surface area contributed by atoms with E-state index in [1.54, 1.807) is 11.3 Å². The maximum absolute atomic E-state index is 12.2. The van der Waals surface area contributed by atoms with Crippen LogP contribution in [0.25, 0.3) is 0 Å². The molecule has 1 heterocycles. The van der Waals surface area contributed by atoms with Gasteiger partial charge in [0.1, 0.15) is 0 Å². The van der Waals surface area contributed by atoms with Crippen LogP contribution in [0.4, 0.5) is 5.69 Å². The molecular formula is C17H21NO2S. The van der Waals surface area contributed by atoms with E-state index in [0.29, 0.717) is 6.61 Å². The van der Waals surface area contributed by atoms with Gasteiger partial charge >= 0.3 is 5.97 Å². The van der Waals surface area contributed by atoms with E-state index in [9.17, 15) is 4.79 Å². The average Bonchev–Trinajstić information content (AvgIpc) is 2.95. The summed E-state index contributed by atoms with van der Waals surface area (Å²) in [6.45, 7) is 6.37. The molecule has 0 aliphatic heterocycles. The van der Waals surface area contributed by atoms with Crippen molar-refractivity contribution in [2.75, 3.05) is 11.9 Å². The van der Waals surface area contributed by atoms with Crippen molar-refractivity contribution in [3.05, 3.63) is 51.7 Å². The fourth-order valence-electron chi connectivity index (χ4n) is 2.03. The molecule has 21 heavy (non-hydrogen) atoms. The molecule has 0 bridgehead atoms. The van der Waals surface area contributed by atoms with Crippen LogP contribution in [-0.4, -0.2) is 12.6 Å². The first kappa shape index (κ1) is 15.6. The zero-order chi connectivity index (χ0) is 15.2. The maximum Gasteiger partial charge on any atom is 0.334 e. The number of rotatable bonds is 6. The molecule has 1 atom stereocenters. The monoisotopic (exact) mass is 303 g/mol. The van der Waals surface area contributed by atoms with E-state index >= 15 is 0 Å². The van der Waals surface area contributed by atoms with Crippen molar-refractivity contribution in [3.8, 4) is 0 Å². The molecule has 2 aromatic rings. The first-order valence-electron chi connectivity index (χ1n) is 7.22. The van der Waals surface area contributed by atoms with Crippen molar-refractivity contribution in [3.63, 3.8) is 0 Å². The van der Waals surface area contributed by atoms with Crippen LogP contribution in [0.15, 0.2) is 36.4 Å². The fraction of sp³-hybridized carbons (Fsp3) is 0.353. The van der Waals surface area contributed by atoms with Gasteiger partial charge in [0, 0.05) is 15.4 Å². The summed E-state index contributed by atoms with van der Waals surface area (Å²) in [6.07, 6.45) is 0.977. The van der Waals surface area contributed by atoms with Crippen molar-refractivity contribution < 1.29 is 9.53 Å². The molecule has 2 rings (SSSR count). The molecule has 1 aromatic carbocycles. The van der Waals surface area contributed by atoms with Crippen molar-refractivity contribution in [2.24, 2.45) is 0 Å². The second-order valence-electron chi connectivity index (χ2n) is 4.85. The standard InChI is InChI=1S/C17H21NO2S/c1-4-14-10-11-15(21-14)16(17(19)20-5-2)18-13-8-6-12(3)7-9-13/h6-11,16,18H,4-5H2,1-3H3. The van der Waals surface area contributed by atoms with Crippen LogP contribution in [-0.2, 0) is 16.0 Å². The lowest BCUT2D eigenvalue weighted by molar-refractivity contribution is -0.144. The molecule has 112 valence electrons. The van der Waals surface area contributed by atoms with Crippen LogP contribution in [0.1, 0.15) is 35.2 Å². The number of carbonyl (C=O) groups excluding carboxylic acids is 1. The largest absolute Gasteiger partial charge is 0.464 e. The van der Waals surface area contributed by atoms with Crippen molar-refractivity contribution in [1.82, 2.24) is 0 Å². The molecule has 0 aliphatic carbocycles. The molecule has 4 heteroatoms. The summed E-state index contributed by atoms with van der Waals surface area (Å²) < 4.78 is 5.20. The van der Waals surface area contributed by atoms with E-state index in [4.69, 9.17) is 4.74 Å². The Kier molecular flexibility index (Phi) is 5.39. The highest BCUT2D eigenvalue weighted by Gasteiger charge is 2.23. The maximum atomic E-state index is 12.2. The van der Waals surface area contributed by atoms with Crippen molar-refractivity contribution >= 4 is 23.0 Å². The Balaban J connectivity index is 2.23. The number of aryl methyl sites for hydroxylation is 2. The fourth-order valence-corrected chi connectivity index (χ4v) is 3.02. The van der Waals surface area contributed by atoms with E-state index in [2.05, 4.69) is 18.3 Å². The SMILES string of the molecule is CCOC(=O)C(Nc1ccc(C)cc1)c1ccc(CC)s1. The summed E-state index contributed by atoms with van der Waals surface area (Å²) in [5.41, 5.74) is 2.11. The minimum Gasteiger partial charge on any atom is -0.464 e. The summed E-state index contributed by atoms with van der Waals surface area (Å²) >= 11 is 1.65. The second-order valence-corrected chi connectivity index (χ2v) is 6.05. The third-order valence-corrected chi connectivity index (χ3v) is 4.49. The van der Waals surface area contributed by atoms with Crippen molar-refractivity contribution in [2.45, 2.75) is 33.2 Å². The van der Waals surface area contributed by atoms with Gasteiger partial charge in [-0.05, 0) is 44.5 Å². The molecule has 0 saturated heterocycles. The third kappa shape index (κ3) is 4.08. The Morgan fingerprint density at radius 2 is 1.90 bits per heavy atom. The van der Waals surface area contributed by atoms with Gasteiger partial charge in [-0.25, -0.2) is 4.79 Å². The number of hydrogen-bond donors (Lipinski definition) is 1. The van der Waals surface area contributed by atoms with E-state index in [1.807, 2.05) is 44.2 Å². The van der Waals surface area contributed by atoms with Gasteiger partial charge in [0.15, 0.2) is 6.04 Å². The minimum atomic E-state index is -0.446. The quantitative estimate of drug-likeness (QED) is 0.807. The first-order chi connectivity index (χ1) is 10.1. The van der Waals surface area contributed by atoms with E-state index < -0.39 is 6.04 Å². The summed E-state index contributed by atoms with van der Waals surface area (Å²) in [4.78, 5) is 14.5. The molecule has 1 N–H and O–H groups in total. The number of benzene rings is 1. The van der Waals surface area contributed by atoms with Crippen LogP contribution in [0.5, 0.6) is 0 Å². The molecule has 1 unspecified atom stereocenters. The summed E-state index contributed by atoms with van der Waals surface area (Å²) in [5, 5.41) is 3.28. The Hall–Kier alpha value is -1.81. The van der Waals surface area contributed by atoms with Gasteiger partial charge in [-0.2, -0.15) is 0 Å². The average molecular weight is 303 g/mol. The van der Waals surface area contributed by atoms with Gasteiger partial charge < -0.3 is 10.1 Å². The Bertz CT molecular complexity index is 589. The molecule has 0 saturated carbocycles. The van der Waals surface area contributed by atoms with Gasteiger partial charge in [0.2, 0.25) is 0 Å². The van der Waals surface area contributed by atoms with E-state index in [0.717, 1.165) is 17.0 Å². The number of ether oxygens (including phenoxy) is 1. The minimum absolute atomic E-state index is 0.234. The zero-order valence-corrected chi connectivity index (χ0v) is 13.5. The van der Waals surface area contributed by atoms with Crippen LogP contribution >= 0.6 is 11.3 Å². The number of hydrogen-bond acceptors (Lipinski definition) is 4. The van der Waals surface area contributed by atoms with Crippen LogP contribution in [0.3, 0.4) is 0 Å². The predicted octanol–water partition coefficient (Wildman–Crippen LogP) is 4.34. The van der Waals surface area contributed by atoms with E-state index in [1.165, 1.54) is 10.4 Å². The van der Waals surface area contributed by atoms with Crippen molar-refractivity contribution in [1.29, 1.82) is 0 Å².